The van der Waals surface area contributed by atoms with Crippen molar-refractivity contribution < 1.29 is 4.79 Å². The Kier molecular flexibility index (Phi) is 4.87. The van der Waals surface area contributed by atoms with E-state index >= 15 is 0 Å². The molecule has 4 nitrogen and oxygen atoms in total. The second-order valence-electron chi connectivity index (χ2n) is 5.91. The summed E-state index contributed by atoms with van der Waals surface area (Å²) in [6, 6.07) is 5.90. The summed E-state index contributed by atoms with van der Waals surface area (Å²) in [5.41, 5.74) is 4.19. The van der Waals surface area contributed by atoms with Gasteiger partial charge in [0.25, 0.3) is 5.91 Å². The van der Waals surface area contributed by atoms with E-state index in [4.69, 9.17) is 0 Å². The van der Waals surface area contributed by atoms with Gasteiger partial charge in [0.2, 0.25) is 0 Å². The summed E-state index contributed by atoms with van der Waals surface area (Å²) in [4.78, 5) is 18.6. The predicted molar refractivity (Wildman–Crippen MR) is 97.2 cm³/mol. The molecule has 1 aliphatic carbocycles. The molecule has 1 aliphatic heterocycles. The molecule has 0 bridgehead atoms. The van der Waals surface area contributed by atoms with Crippen molar-refractivity contribution in [2.24, 2.45) is 0 Å². The van der Waals surface area contributed by atoms with Crippen molar-refractivity contribution in [3.63, 3.8) is 0 Å². The fourth-order valence-electron chi connectivity index (χ4n) is 3.29. The van der Waals surface area contributed by atoms with Crippen molar-refractivity contribution in [2.75, 3.05) is 17.2 Å². The molecule has 1 amide bonds. The molecule has 23 heavy (non-hydrogen) atoms. The number of benzene rings is 1. The Balaban J connectivity index is 0.00000156. The van der Waals surface area contributed by atoms with Gasteiger partial charge in [-0.25, -0.2) is 4.98 Å². The van der Waals surface area contributed by atoms with E-state index in [0.29, 0.717) is 0 Å². The Morgan fingerprint density at radius 1 is 1.17 bits per heavy atom. The molecule has 0 saturated heterocycles. The van der Waals surface area contributed by atoms with Crippen molar-refractivity contribution in [3.05, 3.63) is 39.9 Å². The van der Waals surface area contributed by atoms with Crippen LogP contribution < -0.4 is 10.6 Å². The lowest BCUT2D eigenvalue weighted by molar-refractivity contribution is 0.102. The lowest BCUT2D eigenvalue weighted by Gasteiger charge is -2.20. The number of carbonyl (C=O) groups excluding carboxylic acids is 1. The molecule has 2 heterocycles. The first-order valence-corrected chi connectivity index (χ1v) is 8.78. The fraction of sp³-hybridized carbons (Fsp3) is 0.412. The van der Waals surface area contributed by atoms with Gasteiger partial charge in [-0.2, -0.15) is 0 Å². The number of amides is 1. The Morgan fingerprint density at radius 3 is 2.91 bits per heavy atom. The zero-order valence-corrected chi connectivity index (χ0v) is 14.5. The highest BCUT2D eigenvalue weighted by molar-refractivity contribution is 7.15. The molecular weight excluding hydrogens is 330 g/mol. The van der Waals surface area contributed by atoms with Crippen molar-refractivity contribution in [1.82, 2.24) is 4.98 Å². The van der Waals surface area contributed by atoms with Crippen LogP contribution in [-0.4, -0.2) is 17.4 Å². The normalized spacial score (nSPS) is 15.7. The van der Waals surface area contributed by atoms with E-state index < -0.39 is 0 Å². The summed E-state index contributed by atoms with van der Waals surface area (Å²) in [5.74, 6) is -0.0355. The van der Waals surface area contributed by atoms with Crippen molar-refractivity contribution in [3.8, 4) is 0 Å². The van der Waals surface area contributed by atoms with Crippen molar-refractivity contribution in [1.29, 1.82) is 0 Å². The molecule has 0 saturated carbocycles. The minimum Gasteiger partial charge on any atom is -0.385 e. The molecular formula is C17H20ClN3OS. The molecule has 0 unspecified atom stereocenters. The number of aromatic nitrogens is 1. The molecule has 1 aromatic heterocycles. The largest absolute Gasteiger partial charge is 0.385 e. The summed E-state index contributed by atoms with van der Waals surface area (Å²) in [6.07, 6.45) is 6.63. The summed E-state index contributed by atoms with van der Waals surface area (Å²) in [7, 11) is 0. The molecule has 6 heteroatoms. The van der Waals surface area contributed by atoms with Gasteiger partial charge in [0.1, 0.15) is 0 Å². The highest BCUT2D eigenvalue weighted by Crippen LogP contribution is 2.31. The second kappa shape index (κ2) is 6.89. The monoisotopic (exact) mass is 349 g/mol. The van der Waals surface area contributed by atoms with Crippen LogP contribution >= 0.6 is 23.7 Å². The molecule has 0 atom stereocenters. The number of aryl methyl sites for hydroxylation is 2. The summed E-state index contributed by atoms with van der Waals surface area (Å²) >= 11 is 1.64. The number of anilines is 2. The van der Waals surface area contributed by atoms with Crippen LogP contribution in [0.5, 0.6) is 0 Å². The number of carbonyl (C=O) groups is 1. The maximum Gasteiger partial charge on any atom is 0.257 e. The smallest absolute Gasteiger partial charge is 0.257 e. The highest BCUT2D eigenvalue weighted by Gasteiger charge is 2.20. The second-order valence-corrected chi connectivity index (χ2v) is 7.00. The standard InChI is InChI=1S/C17H19N3OS.ClH/c21-16(12-5-3-8-13-11(12)6-4-10-18-13)20-17-19-14-7-1-2-9-15(14)22-17;/h3,5,8,18H,1-2,4,6-7,9-10H2,(H,19,20,21);1H. The van der Waals surface area contributed by atoms with Gasteiger partial charge in [0.15, 0.2) is 5.13 Å². The van der Waals surface area contributed by atoms with E-state index in [9.17, 15) is 4.79 Å². The lowest BCUT2D eigenvalue weighted by Crippen LogP contribution is -2.19. The van der Waals surface area contributed by atoms with Gasteiger partial charge < -0.3 is 5.32 Å². The van der Waals surface area contributed by atoms with Crippen molar-refractivity contribution >= 4 is 40.5 Å². The Hall–Kier alpha value is -1.59. The van der Waals surface area contributed by atoms with Crippen LogP contribution in [0.3, 0.4) is 0 Å². The zero-order valence-electron chi connectivity index (χ0n) is 12.9. The van der Waals surface area contributed by atoms with Crippen LogP contribution in [0.2, 0.25) is 0 Å². The van der Waals surface area contributed by atoms with E-state index in [1.165, 1.54) is 23.4 Å². The first-order chi connectivity index (χ1) is 10.8. The average molecular weight is 350 g/mol. The quantitative estimate of drug-likeness (QED) is 0.859. The molecule has 2 aliphatic rings. The van der Waals surface area contributed by atoms with E-state index in [1.807, 2.05) is 18.2 Å². The number of nitrogens with zero attached hydrogens (tertiary/aromatic N) is 1. The molecule has 0 fully saturated rings. The first-order valence-electron chi connectivity index (χ1n) is 7.97. The number of nitrogens with one attached hydrogen (secondary N) is 2. The van der Waals surface area contributed by atoms with Gasteiger partial charge in [-0.05, 0) is 56.2 Å². The molecule has 4 rings (SSSR count). The zero-order chi connectivity index (χ0) is 14.9. The average Bonchev–Trinajstić information content (AvgIpc) is 2.96. The maximum absolute atomic E-state index is 12.6. The minimum atomic E-state index is -0.0355. The van der Waals surface area contributed by atoms with E-state index in [0.717, 1.165) is 54.2 Å². The molecule has 122 valence electrons. The fourth-order valence-corrected chi connectivity index (χ4v) is 4.34. The number of fused-ring (bicyclic) bond motifs is 2. The summed E-state index contributed by atoms with van der Waals surface area (Å²) < 4.78 is 0. The molecule has 2 N–H and O–H groups in total. The van der Waals surface area contributed by atoms with Gasteiger partial charge in [-0.1, -0.05) is 6.07 Å². The summed E-state index contributed by atoms with van der Waals surface area (Å²) in [5, 5.41) is 7.12. The highest BCUT2D eigenvalue weighted by atomic mass is 35.5. The Labute approximate surface area is 146 Å². The van der Waals surface area contributed by atoms with Gasteiger partial charge in [-0.15, -0.1) is 23.7 Å². The Morgan fingerprint density at radius 2 is 2.04 bits per heavy atom. The number of thiazole rings is 1. The molecule has 1 aromatic carbocycles. The SMILES string of the molecule is Cl.O=C(Nc1nc2c(s1)CCCC2)c1cccc2c1CCCN2. The van der Waals surface area contributed by atoms with Crippen LogP contribution in [-0.2, 0) is 19.3 Å². The molecule has 2 aromatic rings. The minimum absolute atomic E-state index is 0. The predicted octanol–water partition coefficient (Wildman–Crippen LogP) is 4.05. The summed E-state index contributed by atoms with van der Waals surface area (Å²) in [6.45, 7) is 0.983. The van der Waals surface area contributed by atoms with Gasteiger partial charge in [0, 0.05) is 22.7 Å². The van der Waals surface area contributed by atoms with E-state index in [-0.39, 0.29) is 18.3 Å². The number of hydrogen-bond donors (Lipinski definition) is 2. The van der Waals surface area contributed by atoms with Crippen LogP contribution in [0.15, 0.2) is 18.2 Å². The van der Waals surface area contributed by atoms with Gasteiger partial charge >= 0.3 is 0 Å². The number of halogens is 1. The van der Waals surface area contributed by atoms with Crippen molar-refractivity contribution in [2.45, 2.75) is 38.5 Å². The molecule has 0 spiro atoms. The van der Waals surface area contributed by atoms with E-state index in [1.54, 1.807) is 11.3 Å². The number of rotatable bonds is 2. The first kappa shape index (κ1) is 16.3. The topological polar surface area (TPSA) is 54.0 Å². The van der Waals surface area contributed by atoms with Crippen LogP contribution in [0.1, 0.15) is 45.8 Å². The molecule has 0 radical (unpaired) electrons. The van der Waals surface area contributed by atoms with Crippen LogP contribution in [0.4, 0.5) is 10.8 Å². The Bertz CT molecular complexity index is 705. The van der Waals surface area contributed by atoms with Gasteiger partial charge in [-0.3, -0.25) is 10.1 Å². The maximum atomic E-state index is 12.6. The van der Waals surface area contributed by atoms with Crippen LogP contribution in [0, 0.1) is 0 Å². The third-order valence-corrected chi connectivity index (χ3v) is 5.48. The third-order valence-electron chi connectivity index (χ3n) is 4.41. The third kappa shape index (κ3) is 3.21. The lowest BCUT2D eigenvalue weighted by atomic mass is 9.97. The number of hydrogen-bond acceptors (Lipinski definition) is 4. The van der Waals surface area contributed by atoms with Gasteiger partial charge in [0.05, 0.1) is 5.69 Å². The van der Waals surface area contributed by atoms with Crippen LogP contribution in [0.25, 0.3) is 0 Å². The van der Waals surface area contributed by atoms with E-state index in [2.05, 4.69) is 15.6 Å².